The molecule has 0 atom stereocenters. The number of rotatable bonds is 8. The maximum absolute atomic E-state index is 12.3. The highest BCUT2D eigenvalue weighted by atomic mass is 16.7. The standard InChI is InChI=1S/C36H32N4O4/c1-23-17-31(21-33(37-23)29-13-11-25-7-3-5-9-27(25)19-29)39-43-35(41)15-16-36(42)44-40-32-18-24(2)38-34(22-32)30-14-12-26-8-4-6-10-28(26)20-30/h3-10,15-22H,11-14H2,1-2H3,(H,37,39)(H,38,40)/b16-15+. The number of pyridine rings is 2. The summed E-state index contributed by atoms with van der Waals surface area (Å²) in [5, 5.41) is 0. The van der Waals surface area contributed by atoms with Gasteiger partial charge in [0.25, 0.3) is 0 Å². The normalized spacial score (nSPS) is 13.7. The molecule has 2 aliphatic rings. The Kier molecular flexibility index (Phi) is 8.32. The third-order valence-electron chi connectivity index (χ3n) is 7.56. The number of hydrogen-bond acceptors (Lipinski definition) is 8. The summed E-state index contributed by atoms with van der Waals surface area (Å²) in [5.41, 5.74) is 17.0. The molecular weight excluding hydrogens is 552 g/mol. The number of allylic oxidation sites excluding steroid dienone is 2. The van der Waals surface area contributed by atoms with E-state index in [4.69, 9.17) is 9.68 Å². The van der Waals surface area contributed by atoms with Crippen molar-refractivity contribution in [1.82, 2.24) is 9.97 Å². The van der Waals surface area contributed by atoms with E-state index in [1.165, 1.54) is 22.3 Å². The quantitative estimate of drug-likeness (QED) is 0.168. The Morgan fingerprint density at radius 3 is 1.52 bits per heavy atom. The first-order chi connectivity index (χ1) is 21.4. The second kappa shape index (κ2) is 12.8. The molecular formula is C36H32N4O4. The van der Waals surface area contributed by atoms with E-state index in [-0.39, 0.29) is 0 Å². The molecule has 220 valence electrons. The molecule has 0 saturated carbocycles. The van der Waals surface area contributed by atoms with E-state index < -0.39 is 11.9 Å². The average molecular weight is 585 g/mol. The van der Waals surface area contributed by atoms with Gasteiger partial charge in [-0.2, -0.15) is 0 Å². The monoisotopic (exact) mass is 584 g/mol. The van der Waals surface area contributed by atoms with Crippen LogP contribution in [-0.4, -0.2) is 21.9 Å². The number of nitrogens with zero attached hydrogens (tertiary/aromatic N) is 2. The largest absolute Gasteiger partial charge is 0.355 e. The second-order valence-electron chi connectivity index (χ2n) is 10.9. The molecule has 2 aromatic carbocycles. The highest BCUT2D eigenvalue weighted by Gasteiger charge is 2.15. The van der Waals surface area contributed by atoms with E-state index in [1.807, 2.05) is 38.1 Å². The number of benzene rings is 2. The van der Waals surface area contributed by atoms with Gasteiger partial charge < -0.3 is 9.68 Å². The molecule has 0 spiro atoms. The molecule has 8 heteroatoms. The van der Waals surface area contributed by atoms with Crippen LogP contribution in [0.25, 0.3) is 23.3 Å². The molecule has 2 aromatic heterocycles. The lowest BCUT2D eigenvalue weighted by Crippen LogP contribution is -2.12. The lowest BCUT2D eigenvalue weighted by molar-refractivity contribution is -0.137. The maximum Gasteiger partial charge on any atom is 0.355 e. The molecule has 6 rings (SSSR count). The smallest absolute Gasteiger partial charge is 0.339 e. The number of hydrogen-bond donors (Lipinski definition) is 2. The first-order valence-corrected chi connectivity index (χ1v) is 14.6. The molecule has 2 N–H and O–H groups in total. The van der Waals surface area contributed by atoms with Gasteiger partial charge in [-0.05, 0) is 109 Å². The zero-order valence-corrected chi connectivity index (χ0v) is 24.6. The Morgan fingerprint density at radius 2 is 1.07 bits per heavy atom. The summed E-state index contributed by atoms with van der Waals surface area (Å²) in [4.78, 5) is 44.3. The summed E-state index contributed by atoms with van der Waals surface area (Å²) in [7, 11) is 0. The Labute approximate surface area is 256 Å². The van der Waals surface area contributed by atoms with Crippen LogP contribution in [0.5, 0.6) is 0 Å². The number of carbonyl (C=O) groups is 2. The van der Waals surface area contributed by atoms with Gasteiger partial charge in [-0.1, -0.05) is 48.5 Å². The van der Waals surface area contributed by atoms with E-state index in [1.54, 1.807) is 12.1 Å². The minimum Gasteiger partial charge on any atom is -0.339 e. The van der Waals surface area contributed by atoms with Crippen LogP contribution in [0.1, 0.15) is 57.9 Å². The summed E-state index contributed by atoms with van der Waals surface area (Å²) in [6.07, 6.45) is 9.94. The fourth-order valence-corrected chi connectivity index (χ4v) is 5.47. The fourth-order valence-electron chi connectivity index (χ4n) is 5.47. The zero-order valence-electron chi connectivity index (χ0n) is 24.6. The van der Waals surface area contributed by atoms with Crippen LogP contribution in [0.2, 0.25) is 0 Å². The molecule has 0 fully saturated rings. The summed E-state index contributed by atoms with van der Waals surface area (Å²) < 4.78 is 0. The minimum atomic E-state index is -0.754. The number of carbonyl (C=O) groups excluding carboxylic acids is 2. The number of fused-ring (bicyclic) bond motifs is 2. The van der Waals surface area contributed by atoms with E-state index in [2.05, 4.69) is 69.5 Å². The first kappa shape index (κ1) is 28.6. The van der Waals surface area contributed by atoms with Gasteiger partial charge in [-0.3, -0.25) is 9.97 Å². The molecule has 0 saturated heterocycles. The van der Waals surface area contributed by atoms with Crippen molar-refractivity contribution in [2.75, 3.05) is 11.0 Å². The molecule has 4 aromatic rings. The van der Waals surface area contributed by atoms with Crippen molar-refractivity contribution in [3.8, 4) is 0 Å². The molecule has 2 aliphatic carbocycles. The lowest BCUT2D eigenvalue weighted by Gasteiger charge is -2.17. The Morgan fingerprint density at radius 1 is 0.636 bits per heavy atom. The molecule has 8 nitrogen and oxygen atoms in total. The fraction of sp³-hybridized carbons (Fsp3) is 0.167. The molecule has 2 heterocycles. The van der Waals surface area contributed by atoms with Gasteiger partial charge in [-0.25, -0.2) is 20.5 Å². The molecule has 0 bridgehead atoms. The van der Waals surface area contributed by atoms with Gasteiger partial charge >= 0.3 is 11.9 Å². The van der Waals surface area contributed by atoms with Gasteiger partial charge in [-0.15, -0.1) is 0 Å². The Balaban J connectivity index is 1.03. The second-order valence-corrected chi connectivity index (χ2v) is 10.9. The first-order valence-electron chi connectivity index (χ1n) is 14.6. The van der Waals surface area contributed by atoms with Crippen LogP contribution >= 0.6 is 0 Å². The Bertz CT molecular complexity index is 1710. The molecule has 44 heavy (non-hydrogen) atoms. The van der Waals surface area contributed by atoms with Crippen molar-refractivity contribution >= 4 is 46.6 Å². The van der Waals surface area contributed by atoms with Crippen LogP contribution in [0.3, 0.4) is 0 Å². The predicted octanol–water partition coefficient (Wildman–Crippen LogP) is 7.06. The van der Waals surface area contributed by atoms with E-state index in [0.29, 0.717) is 11.4 Å². The zero-order chi connectivity index (χ0) is 30.5. The minimum absolute atomic E-state index is 0.582. The maximum atomic E-state index is 12.3. The van der Waals surface area contributed by atoms with Gasteiger partial charge in [0.1, 0.15) is 0 Å². The van der Waals surface area contributed by atoms with Gasteiger partial charge in [0.15, 0.2) is 0 Å². The van der Waals surface area contributed by atoms with Crippen LogP contribution < -0.4 is 11.0 Å². The number of nitrogens with one attached hydrogen (secondary N) is 2. The molecule has 0 unspecified atom stereocenters. The Hall–Kier alpha value is -5.50. The van der Waals surface area contributed by atoms with Crippen molar-refractivity contribution in [2.24, 2.45) is 0 Å². The van der Waals surface area contributed by atoms with Gasteiger partial charge in [0, 0.05) is 23.5 Å². The third-order valence-corrected chi connectivity index (χ3v) is 7.56. The molecule has 0 amide bonds. The SMILES string of the molecule is Cc1cc(NOC(=O)/C=C/C(=O)ONc2cc(C)nc(C3=Cc4ccccc4CC3)c2)cc(C2=Cc3ccccc3CC2)n1. The van der Waals surface area contributed by atoms with Crippen LogP contribution in [0.4, 0.5) is 11.4 Å². The van der Waals surface area contributed by atoms with Crippen molar-refractivity contribution in [2.45, 2.75) is 39.5 Å². The topological polar surface area (TPSA) is 102 Å². The van der Waals surface area contributed by atoms with Crippen LogP contribution in [-0.2, 0) is 32.1 Å². The summed E-state index contributed by atoms with van der Waals surface area (Å²) in [6.45, 7) is 3.77. The van der Waals surface area contributed by atoms with Crippen LogP contribution in [0, 0.1) is 13.8 Å². The van der Waals surface area contributed by atoms with Crippen molar-refractivity contribution in [1.29, 1.82) is 0 Å². The summed E-state index contributed by atoms with van der Waals surface area (Å²) in [5.74, 6) is -1.51. The van der Waals surface area contributed by atoms with E-state index >= 15 is 0 Å². The lowest BCUT2D eigenvalue weighted by atomic mass is 9.90. The highest BCUT2D eigenvalue weighted by molar-refractivity contribution is 5.92. The van der Waals surface area contributed by atoms with E-state index in [0.717, 1.165) is 71.8 Å². The summed E-state index contributed by atoms with van der Waals surface area (Å²) >= 11 is 0. The van der Waals surface area contributed by atoms with E-state index in [9.17, 15) is 9.59 Å². The summed E-state index contributed by atoms with van der Waals surface area (Å²) in [6, 6.07) is 23.9. The van der Waals surface area contributed by atoms with Crippen LogP contribution in [0.15, 0.2) is 84.9 Å². The van der Waals surface area contributed by atoms with Crippen molar-refractivity contribution in [3.63, 3.8) is 0 Å². The third kappa shape index (κ3) is 6.93. The predicted molar refractivity (Wildman–Crippen MR) is 172 cm³/mol. The highest BCUT2D eigenvalue weighted by Crippen LogP contribution is 2.32. The molecule has 0 aliphatic heterocycles. The number of aromatic nitrogens is 2. The van der Waals surface area contributed by atoms with Crippen molar-refractivity contribution < 1.29 is 19.3 Å². The number of aryl methyl sites for hydroxylation is 4. The average Bonchev–Trinajstić information content (AvgIpc) is 3.04. The van der Waals surface area contributed by atoms with Crippen molar-refractivity contribution in [3.05, 3.63) is 130 Å². The number of anilines is 2. The van der Waals surface area contributed by atoms with Gasteiger partial charge in [0.2, 0.25) is 0 Å². The van der Waals surface area contributed by atoms with Gasteiger partial charge in [0.05, 0.1) is 22.8 Å². The molecule has 0 radical (unpaired) electrons.